The van der Waals surface area contributed by atoms with E-state index < -0.39 is 5.97 Å². The number of fused-ring (bicyclic) bond motifs is 1. The number of pyridine rings is 1. The number of methoxy groups -OCH3 is 1. The van der Waals surface area contributed by atoms with E-state index in [0.717, 1.165) is 22.0 Å². The maximum atomic E-state index is 13.5. The number of rotatable bonds is 8. The molecule has 1 aromatic heterocycles. The monoisotopic (exact) mass is 406 g/mol. The van der Waals surface area contributed by atoms with E-state index in [1.54, 1.807) is 20.1 Å². The molecule has 0 atom stereocenters. The van der Waals surface area contributed by atoms with E-state index in [4.69, 9.17) is 14.5 Å². The molecule has 2 aromatic carbocycles. The van der Waals surface area contributed by atoms with Crippen molar-refractivity contribution in [2.45, 2.75) is 13.8 Å². The van der Waals surface area contributed by atoms with Crippen molar-refractivity contribution < 1.29 is 19.1 Å². The van der Waals surface area contributed by atoms with Crippen molar-refractivity contribution in [1.29, 1.82) is 0 Å². The lowest BCUT2D eigenvalue weighted by Gasteiger charge is -2.22. The third-order valence-electron chi connectivity index (χ3n) is 4.77. The first-order chi connectivity index (χ1) is 14.5. The lowest BCUT2D eigenvalue weighted by molar-refractivity contribution is -0.143. The zero-order valence-electron chi connectivity index (χ0n) is 17.6. The van der Waals surface area contributed by atoms with Crippen molar-refractivity contribution in [3.63, 3.8) is 0 Å². The summed E-state index contributed by atoms with van der Waals surface area (Å²) in [5.41, 5.74) is 4.00. The Bertz CT molecular complexity index is 1030. The van der Waals surface area contributed by atoms with Gasteiger partial charge in [0.1, 0.15) is 6.54 Å². The number of aryl methyl sites for hydroxylation is 1. The Morgan fingerprint density at radius 2 is 1.80 bits per heavy atom. The molecule has 0 N–H and O–H groups in total. The lowest BCUT2D eigenvalue weighted by atomic mass is 10.0. The quantitative estimate of drug-likeness (QED) is 0.532. The number of nitrogens with zero attached hydrogens (tertiary/aromatic N) is 2. The van der Waals surface area contributed by atoms with E-state index >= 15 is 0 Å². The van der Waals surface area contributed by atoms with Gasteiger partial charge in [0.25, 0.3) is 5.91 Å². The molecule has 1 heterocycles. The molecule has 6 heteroatoms. The second-order valence-corrected chi connectivity index (χ2v) is 6.96. The summed E-state index contributed by atoms with van der Waals surface area (Å²) in [7, 11) is 1.56. The molecule has 0 unspecified atom stereocenters. The summed E-state index contributed by atoms with van der Waals surface area (Å²) in [6, 6.07) is 17.3. The molecule has 0 aliphatic heterocycles. The minimum Gasteiger partial charge on any atom is -0.465 e. The van der Waals surface area contributed by atoms with Crippen molar-refractivity contribution in [3.8, 4) is 11.3 Å². The van der Waals surface area contributed by atoms with Crippen LogP contribution in [0.2, 0.25) is 0 Å². The minimum absolute atomic E-state index is 0.132. The molecule has 6 nitrogen and oxygen atoms in total. The van der Waals surface area contributed by atoms with Crippen LogP contribution in [0.25, 0.3) is 22.2 Å². The molecule has 0 fully saturated rings. The number of hydrogen-bond acceptors (Lipinski definition) is 5. The van der Waals surface area contributed by atoms with Crippen LogP contribution in [-0.4, -0.2) is 55.2 Å². The van der Waals surface area contributed by atoms with Crippen LogP contribution in [0, 0.1) is 6.92 Å². The van der Waals surface area contributed by atoms with Gasteiger partial charge in [-0.3, -0.25) is 9.59 Å². The van der Waals surface area contributed by atoms with Gasteiger partial charge in [-0.1, -0.05) is 48.0 Å². The van der Waals surface area contributed by atoms with Crippen LogP contribution < -0.4 is 0 Å². The first-order valence-electron chi connectivity index (χ1n) is 9.94. The standard InChI is InChI=1S/C24H26N2O4/c1-4-30-23(27)16-26(13-14-29-3)24(28)20-15-22(18-11-9-17(2)10-12-18)25-21-8-6-5-7-19(20)21/h5-12,15H,4,13-14,16H2,1-3H3. The van der Waals surface area contributed by atoms with Crippen LogP contribution in [0.3, 0.4) is 0 Å². The van der Waals surface area contributed by atoms with Gasteiger partial charge in [-0.2, -0.15) is 0 Å². The molecular formula is C24H26N2O4. The van der Waals surface area contributed by atoms with E-state index in [1.807, 2.05) is 55.5 Å². The predicted octanol–water partition coefficient (Wildman–Crippen LogP) is 3.86. The summed E-state index contributed by atoms with van der Waals surface area (Å²) in [6.07, 6.45) is 0. The highest BCUT2D eigenvalue weighted by Crippen LogP contribution is 2.26. The fraction of sp³-hybridized carbons (Fsp3) is 0.292. The van der Waals surface area contributed by atoms with Crippen molar-refractivity contribution in [2.24, 2.45) is 0 Å². The lowest BCUT2D eigenvalue weighted by Crippen LogP contribution is -2.38. The largest absolute Gasteiger partial charge is 0.465 e. The number of ether oxygens (including phenoxy) is 2. The summed E-state index contributed by atoms with van der Waals surface area (Å²) < 4.78 is 10.2. The van der Waals surface area contributed by atoms with Gasteiger partial charge in [0.2, 0.25) is 0 Å². The fourth-order valence-electron chi connectivity index (χ4n) is 3.21. The van der Waals surface area contributed by atoms with E-state index in [2.05, 4.69) is 0 Å². The third kappa shape index (κ3) is 5.02. The zero-order valence-corrected chi connectivity index (χ0v) is 17.6. The van der Waals surface area contributed by atoms with Crippen LogP contribution >= 0.6 is 0 Å². The van der Waals surface area contributed by atoms with E-state index in [9.17, 15) is 9.59 Å². The molecule has 0 saturated carbocycles. The van der Waals surface area contributed by atoms with Crippen molar-refractivity contribution in [3.05, 3.63) is 65.7 Å². The first-order valence-corrected chi connectivity index (χ1v) is 9.94. The number of aromatic nitrogens is 1. The minimum atomic E-state index is -0.445. The summed E-state index contributed by atoms with van der Waals surface area (Å²) in [5.74, 6) is -0.703. The van der Waals surface area contributed by atoms with Crippen LogP contribution in [-0.2, 0) is 14.3 Å². The Labute approximate surface area is 176 Å². The van der Waals surface area contributed by atoms with Gasteiger partial charge in [0.05, 0.1) is 30.0 Å². The molecule has 30 heavy (non-hydrogen) atoms. The van der Waals surface area contributed by atoms with Crippen LogP contribution in [0.15, 0.2) is 54.6 Å². The molecule has 0 spiro atoms. The van der Waals surface area contributed by atoms with Crippen LogP contribution in [0.1, 0.15) is 22.8 Å². The normalized spacial score (nSPS) is 10.8. The average molecular weight is 406 g/mol. The fourth-order valence-corrected chi connectivity index (χ4v) is 3.21. The summed E-state index contributed by atoms with van der Waals surface area (Å²) >= 11 is 0. The molecule has 0 bridgehead atoms. The SMILES string of the molecule is CCOC(=O)CN(CCOC)C(=O)c1cc(-c2ccc(C)cc2)nc2ccccc12. The molecule has 0 aliphatic rings. The average Bonchev–Trinajstić information content (AvgIpc) is 2.76. The number of para-hydroxylation sites is 1. The smallest absolute Gasteiger partial charge is 0.325 e. The van der Waals surface area contributed by atoms with Gasteiger partial charge in [-0.15, -0.1) is 0 Å². The van der Waals surface area contributed by atoms with Crippen molar-refractivity contribution >= 4 is 22.8 Å². The molecule has 1 amide bonds. The number of hydrogen-bond donors (Lipinski definition) is 0. The Balaban J connectivity index is 2.05. The molecule has 0 saturated heterocycles. The van der Waals surface area contributed by atoms with Crippen molar-refractivity contribution in [2.75, 3.05) is 33.4 Å². The third-order valence-corrected chi connectivity index (χ3v) is 4.77. The molecule has 0 aliphatic carbocycles. The molecule has 0 radical (unpaired) electrons. The van der Waals surface area contributed by atoms with E-state index in [-0.39, 0.29) is 25.6 Å². The number of carbonyl (C=O) groups excluding carboxylic acids is 2. The van der Waals surface area contributed by atoms with Gasteiger partial charge in [-0.05, 0) is 26.0 Å². The molecule has 3 rings (SSSR count). The second-order valence-electron chi connectivity index (χ2n) is 6.96. The van der Waals surface area contributed by atoms with Gasteiger partial charge in [-0.25, -0.2) is 4.98 Å². The predicted molar refractivity (Wildman–Crippen MR) is 116 cm³/mol. The summed E-state index contributed by atoms with van der Waals surface area (Å²) in [5, 5.41) is 0.740. The number of amides is 1. The highest BCUT2D eigenvalue weighted by molar-refractivity contribution is 6.07. The molecular weight excluding hydrogens is 380 g/mol. The van der Waals surface area contributed by atoms with Crippen molar-refractivity contribution in [1.82, 2.24) is 9.88 Å². The zero-order chi connectivity index (χ0) is 21.5. The highest BCUT2D eigenvalue weighted by Gasteiger charge is 2.22. The Morgan fingerprint density at radius 3 is 2.50 bits per heavy atom. The van der Waals surface area contributed by atoms with Gasteiger partial charge in [0, 0.05) is 24.6 Å². The topological polar surface area (TPSA) is 68.7 Å². The number of benzene rings is 2. The van der Waals surface area contributed by atoms with E-state index in [0.29, 0.717) is 17.9 Å². The first kappa shape index (κ1) is 21.5. The van der Waals surface area contributed by atoms with Gasteiger partial charge < -0.3 is 14.4 Å². The number of esters is 1. The Kier molecular flexibility index (Phi) is 7.14. The van der Waals surface area contributed by atoms with Gasteiger partial charge >= 0.3 is 5.97 Å². The number of carbonyl (C=O) groups is 2. The summed E-state index contributed by atoms with van der Waals surface area (Å²) in [6.45, 7) is 4.50. The summed E-state index contributed by atoms with van der Waals surface area (Å²) in [4.78, 5) is 31.7. The van der Waals surface area contributed by atoms with Gasteiger partial charge in [0.15, 0.2) is 0 Å². The Hall–Kier alpha value is -3.25. The molecule has 3 aromatic rings. The van der Waals surface area contributed by atoms with Crippen LogP contribution in [0.5, 0.6) is 0 Å². The second kappa shape index (κ2) is 9.98. The van der Waals surface area contributed by atoms with Crippen LogP contribution in [0.4, 0.5) is 0 Å². The van der Waals surface area contributed by atoms with E-state index in [1.165, 1.54) is 4.90 Å². The highest BCUT2D eigenvalue weighted by atomic mass is 16.5. The maximum Gasteiger partial charge on any atom is 0.325 e. The Morgan fingerprint density at radius 1 is 1.07 bits per heavy atom. The molecule has 156 valence electrons. The maximum absolute atomic E-state index is 13.5.